The molecule has 0 unspecified atom stereocenters. The number of rotatable bonds is 5. The molecule has 0 radical (unpaired) electrons. The zero-order chi connectivity index (χ0) is 15.2. The third kappa shape index (κ3) is 4.09. The highest BCUT2D eigenvalue weighted by Gasteiger charge is 2.19. The highest BCUT2D eigenvalue weighted by atomic mass is 16.5. The molecule has 0 heterocycles. The molecule has 110 valence electrons. The molecular weight excluding hydrogens is 262 g/mol. The van der Waals surface area contributed by atoms with Gasteiger partial charge < -0.3 is 10.1 Å². The fraction of sp³-hybridized carbons (Fsp3) is 0.278. The summed E-state index contributed by atoms with van der Waals surface area (Å²) >= 11 is 0. The first-order valence-corrected chi connectivity index (χ1v) is 7.20. The summed E-state index contributed by atoms with van der Waals surface area (Å²) in [7, 11) is 0. The lowest BCUT2D eigenvalue weighted by Gasteiger charge is -2.19. The molecule has 0 fully saturated rings. The summed E-state index contributed by atoms with van der Waals surface area (Å²) in [5.41, 5.74) is 2.94. The first-order chi connectivity index (χ1) is 10.1. The number of para-hydroxylation sites is 1. The lowest BCUT2D eigenvalue weighted by atomic mass is 10.1. The molecule has 1 amide bonds. The van der Waals surface area contributed by atoms with Crippen LogP contribution in [0.4, 0.5) is 5.69 Å². The number of carbonyl (C=O) groups is 1. The first-order valence-electron chi connectivity index (χ1n) is 7.20. The molecule has 0 aliphatic carbocycles. The number of hydrogen-bond acceptors (Lipinski definition) is 2. The highest BCUT2D eigenvalue weighted by Crippen LogP contribution is 2.21. The van der Waals surface area contributed by atoms with Crippen molar-refractivity contribution < 1.29 is 9.53 Å². The van der Waals surface area contributed by atoms with Crippen LogP contribution >= 0.6 is 0 Å². The number of benzene rings is 2. The Balaban J connectivity index is 2.09. The van der Waals surface area contributed by atoms with E-state index in [0.717, 1.165) is 22.6 Å². The minimum atomic E-state index is -0.495. The topological polar surface area (TPSA) is 38.3 Å². The smallest absolute Gasteiger partial charge is 0.265 e. The molecule has 2 rings (SSSR count). The van der Waals surface area contributed by atoms with Gasteiger partial charge in [0, 0.05) is 5.69 Å². The van der Waals surface area contributed by atoms with Gasteiger partial charge in [0.15, 0.2) is 6.10 Å². The van der Waals surface area contributed by atoms with Crippen molar-refractivity contribution in [2.45, 2.75) is 33.3 Å². The van der Waals surface area contributed by atoms with Gasteiger partial charge in [0.2, 0.25) is 0 Å². The van der Waals surface area contributed by atoms with Crippen LogP contribution in [-0.4, -0.2) is 12.0 Å². The Labute approximate surface area is 126 Å². The Bertz CT molecular complexity index is 608. The van der Waals surface area contributed by atoms with Crippen molar-refractivity contribution in [1.29, 1.82) is 0 Å². The Kier molecular flexibility index (Phi) is 4.99. The largest absolute Gasteiger partial charge is 0.480 e. The molecule has 1 N–H and O–H groups in total. The summed E-state index contributed by atoms with van der Waals surface area (Å²) in [5, 5.41) is 2.88. The molecule has 0 saturated heterocycles. The van der Waals surface area contributed by atoms with Crippen LogP contribution in [0.2, 0.25) is 0 Å². The second kappa shape index (κ2) is 6.93. The van der Waals surface area contributed by atoms with E-state index in [2.05, 4.69) is 5.32 Å². The minimum absolute atomic E-state index is 0.121. The average molecular weight is 283 g/mol. The van der Waals surface area contributed by atoms with E-state index in [1.807, 2.05) is 69.3 Å². The predicted molar refractivity (Wildman–Crippen MR) is 85.7 cm³/mol. The number of hydrogen-bond donors (Lipinski definition) is 1. The van der Waals surface area contributed by atoms with Gasteiger partial charge in [-0.1, -0.05) is 37.3 Å². The second-order valence-electron chi connectivity index (χ2n) is 5.14. The quantitative estimate of drug-likeness (QED) is 0.897. The van der Waals surface area contributed by atoms with Crippen LogP contribution in [0.25, 0.3) is 0 Å². The number of amides is 1. The maximum absolute atomic E-state index is 12.3. The number of nitrogens with one attached hydrogen (secondary N) is 1. The lowest BCUT2D eigenvalue weighted by molar-refractivity contribution is -0.122. The molecular formula is C18H21NO2. The average Bonchev–Trinajstić information content (AvgIpc) is 2.49. The molecule has 3 heteroatoms. The third-order valence-electron chi connectivity index (χ3n) is 3.32. The number of aryl methyl sites for hydroxylation is 2. The van der Waals surface area contributed by atoms with E-state index in [9.17, 15) is 4.79 Å². The zero-order valence-corrected chi connectivity index (χ0v) is 12.7. The van der Waals surface area contributed by atoms with E-state index in [1.54, 1.807) is 0 Å². The summed E-state index contributed by atoms with van der Waals surface area (Å²) in [5.74, 6) is 0.648. The van der Waals surface area contributed by atoms with Crippen molar-refractivity contribution in [2.24, 2.45) is 0 Å². The SMILES string of the molecule is CC[C@H](Oc1cc(C)ccc1C)C(=O)Nc1ccccc1. The van der Waals surface area contributed by atoms with Crippen LogP contribution in [0, 0.1) is 13.8 Å². The van der Waals surface area contributed by atoms with Gasteiger partial charge >= 0.3 is 0 Å². The van der Waals surface area contributed by atoms with Gasteiger partial charge in [-0.3, -0.25) is 4.79 Å². The van der Waals surface area contributed by atoms with Gasteiger partial charge in [0.1, 0.15) is 5.75 Å². The fourth-order valence-corrected chi connectivity index (χ4v) is 2.05. The number of carbonyl (C=O) groups excluding carboxylic acids is 1. The van der Waals surface area contributed by atoms with E-state index in [4.69, 9.17) is 4.74 Å². The van der Waals surface area contributed by atoms with Gasteiger partial charge in [-0.15, -0.1) is 0 Å². The van der Waals surface area contributed by atoms with Gasteiger partial charge in [0.05, 0.1) is 0 Å². The second-order valence-corrected chi connectivity index (χ2v) is 5.14. The van der Waals surface area contributed by atoms with Crippen molar-refractivity contribution >= 4 is 11.6 Å². The molecule has 0 aliphatic rings. The molecule has 0 aromatic heterocycles. The summed E-state index contributed by atoms with van der Waals surface area (Å²) in [6.45, 7) is 5.94. The fourth-order valence-electron chi connectivity index (χ4n) is 2.05. The van der Waals surface area contributed by atoms with Crippen LogP contribution in [-0.2, 0) is 4.79 Å². The Morgan fingerprint density at radius 1 is 1.14 bits per heavy atom. The van der Waals surface area contributed by atoms with Gasteiger partial charge in [-0.05, 0) is 49.6 Å². The van der Waals surface area contributed by atoms with E-state index in [0.29, 0.717) is 6.42 Å². The van der Waals surface area contributed by atoms with Gasteiger partial charge in [-0.2, -0.15) is 0 Å². The first kappa shape index (κ1) is 15.1. The minimum Gasteiger partial charge on any atom is -0.480 e. The lowest BCUT2D eigenvalue weighted by Crippen LogP contribution is -2.32. The van der Waals surface area contributed by atoms with Crippen molar-refractivity contribution in [2.75, 3.05) is 5.32 Å². The van der Waals surface area contributed by atoms with Crippen molar-refractivity contribution in [3.05, 3.63) is 59.7 Å². The van der Waals surface area contributed by atoms with Crippen molar-refractivity contribution in [3.63, 3.8) is 0 Å². The summed E-state index contributed by atoms with van der Waals surface area (Å²) in [6, 6.07) is 15.4. The molecule has 0 spiro atoms. The maximum atomic E-state index is 12.3. The molecule has 0 saturated carbocycles. The highest BCUT2D eigenvalue weighted by molar-refractivity contribution is 5.94. The zero-order valence-electron chi connectivity index (χ0n) is 12.7. The third-order valence-corrected chi connectivity index (χ3v) is 3.32. The number of ether oxygens (including phenoxy) is 1. The van der Waals surface area contributed by atoms with Gasteiger partial charge in [-0.25, -0.2) is 0 Å². The van der Waals surface area contributed by atoms with Crippen molar-refractivity contribution in [1.82, 2.24) is 0 Å². The van der Waals surface area contributed by atoms with Crippen molar-refractivity contribution in [3.8, 4) is 5.75 Å². The summed E-state index contributed by atoms with van der Waals surface area (Å²) in [6.07, 6.45) is 0.122. The van der Waals surface area contributed by atoms with E-state index in [-0.39, 0.29) is 5.91 Å². The molecule has 2 aromatic rings. The monoisotopic (exact) mass is 283 g/mol. The van der Waals surface area contributed by atoms with Crippen LogP contribution in [0.3, 0.4) is 0 Å². The maximum Gasteiger partial charge on any atom is 0.265 e. The molecule has 2 aromatic carbocycles. The molecule has 3 nitrogen and oxygen atoms in total. The van der Waals surface area contributed by atoms with Crippen LogP contribution < -0.4 is 10.1 Å². The summed E-state index contributed by atoms with van der Waals surface area (Å²) < 4.78 is 5.90. The van der Waals surface area contributed by atoms with Crippen LogP contribution in [0.1, 0.15) is 24.5 Å². The summed E-state index contributed by atoms with van der Waals surface area (Å²) in [4.78, 5) is 12.3. The van der Waals surface area contributed by atoms with Crippen LogP contribution in [0.5, 0.6) is 5.75 Å². The van der Waals surface area contributed by atoms with Gasteiger partial charge in [0.25, 0.3) is 5.91 Å². The predicted octanol–water partition coefficient (Wildman–Crippen LogP) is 4.10. The van der Waals surface area contributed by atoms with E-state index in [1.165, 1.54) is 0 Å². The van der Waals surface area contributed by atoms with E-state index < -0.39 is 6.10 Å². The number of anilines is 1. The van der Waals surface area contributed by atoms with E-state index >= 15 is 0 Å². The normalized spacial score (nSPS) is 11.8. The van der Waals surface area contributed by atoms with Crippen LogP contribution in [0.15, 0.2) is 48.5 Å². The standard InChI is InChI=1S/C18H21NO2/c1-4-16(18(20)19-15-8-6-5-7-9-15)21-17-12-13(2)10-11-14(17)3/h5-12,16H,4H2,1-3H3,(H,19,20)/t16-/m0/s1. The Morgan fingerprint density at radius 3 is 2.52 bits per heavy atom. The molecule has 1 atom stereocenters. The molecule has 0 bridgehead atoms. The Morgan fingerprint density at radius 2 is 1.86 bits per heavy atom. The Hall–Kier alpha value is -2.29. The molecule has 0 aliphatic heterocycles. The molecule has 21 heavy (non-hydrogen) atoms.